The van der Waals surface area contributed by atoms with Gasteiger partial charge in [0.1, 0.15) is 0 Å². The highest BCUT2D eigenvalue weighted by molar-refractivity contribution is 4.89. The van der Waals surface area contributed by atoms with Crippen molar-refractivity contribution in [3.8, 4) is 0 Å². The topological polar surface area (TPSA) is 21.3 Å². The van der Waals surface area contributed by atoms with E-state index >= 15 is 0 Å². The smallest absolute Gasteiger partial charge is 0.0620 e. The van der Waals surface area contributed by atoms with Crippen molar-refractivity contribution in [3.05, 3.63) is 0 Å². The Morgan fingerprint density at radius 3 is 3.12 bits per heavy atom. The van der Waals surface area contributed by atoms with Gasteiger partial charge in [0.05, 0.1) is 6.61 Å². The lowest BCUT2D eigenvalue weighted by molar-refractivity contribution is 0.130. The normalized spacial score (nSPS) is 45.0. The minimum absolute atomic E-state index is 0.697. The van der Waals surface area contributed by atoms with Crippen LogP contribution in [0.25, 0.3) is 0 Å². The molecule has 0 amide bonds. The zero-order valence-corrected chi connectivity index (χ0v) is 4.89. The summed E-state index contributed by atoms with van der Waals surface area (Å²) in [4.78, 5) is 0. The molecule has 2 nitrogen and oxygen atoms in total. The van der Waals surface area contributed by atoms with Crippen LogP contribution in [0.1, 0.15) is 12.8 Å². The lowest BCUT2D eigenvalue weighted by Crippen LogP contribution is -2.52. The van der Waals surface area contributed by atoms with Gasteiger partial charge in [-0.05, 0) is 12.8 Å². The molecule has 1 N–H and O–H groups in total. The van der Waals surface area contributed by atoms with E-state index in [9.17, 15) is 0 Å². The molecule has 3 heterocycles. The number of ether oxygens (including phenoxy) is 1. The van der Waals surface area contributed by atoms with E-state index in [2.05, 4.69) is 5.32 Å². The lowest BCUT2D eigenvalue weighted by atomic mass is 9.97. The Morgan fingerprint density at radius 2 is 2.25 bits per heavy atom. The summed E-state index contributed by atoms with van der Waals surface area (Å²) in [5.74, 6) is 0. The molecule has 2 heteroatoms. The van der Waals surface area contributed by atoms with Gasteiger partial charge in [0.2, 0.25) is 0 Å². The van der Waals surface area contributed by atoms with Gasteiger partial charge >= 0.3 is 0 Å². The van der Waals surface area contributed by atoms with Gasteiger partial charge in [-0.2, -0.15) is 0 Å². The van der Waals surface area contributed by atoms with Crippen LogP contribution in [0.5, 0.6) is 0 Å². The molecule has 46 valence electrons. The van der Waals surface area contributed by atoms with Crippen molar-refractivity contribution in [2.45, 2.75) is 24.9 Å². The van der Waals surface area contributed by atoms with Crippen LogP contribution in [-0.4, -0.2) is 25.3 Å². The fourth-order valence-electron chi connectivity index (χ4n) is 1.42. The fourth-order valence-corrected chi connectivity index (χ4v) is 1.42. The number of hydrogen-bond acceptors (Lipinski definition) is 2. The highest BCUT2D eigenvalue weighted by Gasteiger charge is 2.30. The zero-order chi connectivity index (χ0) is 5.40. The second-order valence-electron chi connectivity index (χ2n) is 2.66. The Balaban J connectivity index is 1.95. The van der Waals surface area contributed by atoms with Crippen LogP contribution in [0.2, 0.25) is 0 Å². The van der Waals surface area contributed by atoms with E-state index in [1.807, 2.05) is 0 Å². The van der Waals surface area contributed by atoms with Crippen LogP contribution in [0.15, 0.2) is 0 Å². The average Bonchev–Trinajstić information content (AvgIpc) is 1.89. The van der Waals surface area contributed by atoms with E-state index in [1.54, 1.807) is 0 Å². The highest BCUT2D eigenvalue weighted by atomic mass is 16.5. The Labute approximate surface area is 49.2 Å². The van der Waals surface area contributed by atoms with E-state index in [0.29, 0.717) is 6.04 Å². The first kappa shape index (κ1) is 4.77. The Kier molecular flexibility index (Phi) is 1.02. The molecule has 0 radical (unpaired) electrons. The predicted molar refractivity (Wildman–Crippen MR) is 30.8 cm³/mol. The first-order chi connectivity index (χ1) is 3.95. The number of hydrogen-bond donors (Lipinski definition) is 1. The quantitative estimate of drug-likeness (QED) is 0.482. The van der Waals surface area contributed by atoms with Crippen molar-refractivity contribution < 1.29 is 4.74 Å². The summed E-state index contributed by atoms with van der Waals surface area (Å²) in [5.41, 5.74) is 0. The van der Waals surface area contributed by atoms with Gasteiger partial charge in [-0.1, -0.05) is 0 Å². The van der Waals surface area contributed by atoms with Crippen molar-refractivity contribution in [1.29, 1.82) is 0 Å². The molecule has 3 aliphatic rings. The third-order valence-electron chi connectivity index (χ3n) is 1.97. The van der Waals surface area contributed by atoms with Crippen LogP contribution in [0.3, 0.4) is 0 Å². The third-order valence-corrected chi connectivity index (χ3v) is 1.97. The summed E-state index contributed by atoms with van der Waals surface area (Å²) in [6.45, 7) is 1.91. The Hall–Kier alpha value is -0.0800. The maximum atomic E-state index is 5.29. The average molecular weight is 113 g/mol. The molecule has 3 aliphatic heterocycles. The summed E-state index contributed by atoms with van der Waals surface area (Å²) < 4.78 is 5.29. The van der Waals surface area contributed by atoms with E-state index in [-0.39, 0.29) is 0 Å². The number of rotatable bonds is 0. The second kappa shape index (κ2) is 1.71. The summed E-state index contributed by atoms with van der Waals surface area (Å²) >= 11 is 0. The molecule has 0 aromatic heterocycles. The zero-order valence-electron chi connectivity index (χ0n) is 4.89. The molecule has 0 saturated carbocycles. The first-order valence-electron chi connectivity index (χ1n) is 3.29. The van der Waals surface area contributed by atoms with Crippen LogP contribution < -0.4 is 5.32 Å². The fraction of sp³-hybridized carbons (Fsp3) is 1.00. The van der Waals surface area contributed by atoms with Gasteiger partial charge < -0.3 is 10.1 Å². The molecule has 8 heavy (non-hydrogen) atoms. The van der Waals surface area contributed by atoms with Crippen molar-refractivity contribution in [2.75, 3.05) is 13.2 Å². The molecule has 3 fully saturated rings. The summed E-state index contributed by atoms with van der Waals surface area (Å²) in [6.07, 6.45) is 2.57. The van der Waals surface area contributed by atoms with Gasteiger partial charge in [-0.3, -0.25) is 0 Å². The maximum Gasteiger partial charge on any atom is 0.0620 e. The van der Waals surface area contributed by atoms with Crippen molar-refractivity contribution in [1.82, 2.24) is 5.32 Å². The molecule has 0 aliphatic carbocycles. The largest absolute Gasteiger partial charge is 0.380 e. The van der Waals surface area contributed by atoms with Crippen LogP contribution in [0, 0.1) is 0 Å². The lowest BCUT2D eigenvalue weighted by Gasteiger charge is -2.33. The molecular formula is C6H11NO. The molecule has 2 unspecified atom stereocenters. The van der Waals surface area contributed by atoms with Gasteiger partial charge in [0, 0.05) is 18.7 Å². The molecular weight excluding hydrogens is 102 g/mol. The van der Waals surface area contributed by atoms with Crippen molar-refractivity contribution in [3.63, 3.8) is 0 Å². The molecule has 2 bridgehead atoms. The van der Waals surface area contributed by atoms with E-state index in [0.717, 1.165) is 19.3 Å². The number of fused-ring (bicyclic) bond motifs is 3. The molecule has 0 aromatic carbocycles. The first-order valence-corrected chi connectivity index (χ1v) is 3.29. The standard InChI is InChI=1S/C6H11NO/c1-2-8-4-6-3-5(1)7-6/h5-7H,1-4H2. The predicted octanol–water partition coefficient (Wildman–Crippen LogP) is 0.137. The Bertz CT molecular complexity index is 73.0. The van der Waals surface area contributed by atoms with Crippen LogP contribution in [0.4, 0.5) is 0 Å². The van der Waals surface area contributed by atoms with Gasteiger partial charge in [0.15, 0.2) is 0 Å². The minimum atomic E-state index is 0.697. The van der Waals surface area contributed by atoms with Gasteiger partial charge in [-0.25, -0.2) is 0 Å². The monoisotopic (exact) mass is 113 g/mol. The van der Waals surface area contributed by atoms with Gasteiger partial charge in [-0.15, -0.1) is 0 Å². The summed E-state index contributed by atoms with van der Waals surface area (Å²) in [5, 5.41) is 3.42. The van der Waals surface area contributed by atoms with Crippen LogP contribution in [-0.2, 0) is 4.74 Å². The van der Waals surface area contributed by atoms with E-state index < -0.39 is 0 Å². The Morgan fingerprint density at radius 1 is 1.38 bits per heavy atom. The van der Waals surface area contributed by atoms with E-state index in [1.165, 1.54) is 12.8 Å². The minimum Gasteiger partial charge on any atom is -0.380 e. The second-order valence-corrected chi connectivity index (χ2v) is 2.66. The van der Waals surface area contributed by atoms with Crippen molar-refractivity contribution in [2.24, 2.45) is 0 Å². The molecule has 3 saturated heterocycles. The van der Waals surface area contributed by atoms with Gasteiger partial charge in [0.25, 0.3) is 0 Å². The molecule has 0 spiro atoms. The SMILES string of the molecule is C1CC2CC(CO1)N2. The number of nitrogens with one attached hydrogen (secondary N) is 1. The van der Waals surface area contributed by atoms with Crippen molar-refractivity contribution >= 4 is 0 Å². The summed E-state index contributed by atoms with van der Waals surface area (Å²) in [6, 6.07) is 1.49. The highest BCUT2D eigenvalue weighted by Crippen LogP contribution is 2.18. The molecule has 0 aromatic rings. The van der Waals surface area contributed by atoms with Crippen LogP contribution >= 0.6 is 0 Å². The summed E-state index contributed by atoms with van der Waals surface area (Å²) in [7, 11) is 0. The molecule has 3 rings (SSSR count). The van der Waals surface area contributed by atoms with E-state index in [4.69, 9.17) is 4.74 Å². The third kappa shape index (κ3) is 0.644. The molecule has 2 atom stereocenters. The maximum absolute atomic E-state index is 5.29.